The largest absolute Gasteiger partial charge is 0.304 e. The molecule has 1 aliphatic rings. The fourth-order valence-corrected chi connectivity index (χ4v) is 2.90. The molecule has 1 saturated heterocycles. The van der Waals surface area contributed by atoms with Crippen LogP contribution in [0.2, 0.25) is 0 Å². The summed E-state index contributed by atoms with van der Waals surface area (Å²) in [5.74, 6) is 0.331. The van der Waals surface area contributed by atoms with Gasteiger partial charge in [0, 0.05) is 16.5 Å². The first-order valence-corrected chi connectivity index (χ1v) is 7.80. The van der Waals surface area contributed by atoms with Gasteiger partial charge in [-0.3, -0.25) is 9.69 Å². The number of likely N-dealkylation sites (N-methyl/N-ethyl adjacent to an activating group) is 2. The minimum absolute atomic E-state index is 0.0341. The topological polar surface area (TPSA) is 23.6 Å². The van der Waals surface area contributed by atoms with Gasteiger partial charge in [0.25, 0.3) is 0 Å². The number of Topliss-reactive ketones (excluding diaryl/α,β-unsaturated/α-hetero) is 1. The van der Waals surface area contributed by atoms with Gasteiger partial charge in [0.2, 0.25) is 0 Å². The van der Waals surface area contributed by atoms with Gasteiger partial charge in [0.05, 0.1) is 6.04 Å². The van der Waals surface area contributed by atoms with Crippen molar-refractivity contribution < 1.29 is 4.79 Å². The van der Waals surface area contributed by atoms with Crippen molar-refractivity contribution in [3.05, 3.63) is 33.4 Å². The molecule has 0 aromatic heterocycles. The van der Waals surface area contributed by atoms with Crippen molar-refractivity contribution in [3.63, 3.8) is 0 Å². The van der Waals surface area contributed by atoms with Crippen molar-refractivity contribution in [1.82, 2.24) is 9.80 Å². The normalized spacial score (nSPS) is 22.2. The Morgan fingerprint density at radius 1 is 1.26 bits per heavy atom. The summed E-state index contributed by atoms with van der Waals surface area (Å²) in [6.45, 7) is 2.94. The highest BCUT2D eigenvalue weighted by Crippen LogP contribution is 2.12. The molecule has 104 valence electrons. The average molecular weight is 372 g/mol. The molecular weight excluding hydrogens is 351 g/mol. The van der Waals surface area contributed by atoms with Gasteiger partial charge < -0.3 is 4.90 Å². The SMILES string of the molecule is CN1CCCN(C)C(C(=O)Cc2ccc(I)cc2)C1. The van der Waals surface area contributed by atoms with E-state index in [2.05, 4.69) is 70.8 Å². The Labute approximate surface area is 129 Å². The molecule has 1 aromatic rings. The molecule has 0 amide bonds. The number of carbonyl (C=O) groups excluding carboxylic acids is 1. The van der Waals surface area contributed by atoms with Gasteiger partial charge in [-0.2, -0.15) is 0 Å². The Kier molecular flexibility index (Phi) is 5.36. The molecule has 1 unspecified atom stereocenters. The predicted octanol–water partition coefficient (Wildman–Crippen LogP) is 2.04. The monoisotopic (exact) mass is 372 g/mol. The van der Waals surface area contributed by atoms with Crippen LogP contribution in [0, 0.1) is 3.57 Å². The van der Waals surface area contributed by atoms with E-state index in [1.54, 1.807) is 0 Å². The predicted molar refractivity (Wildman–Crippen MR) is 86.4 cm³/mol. The molecular formula is C15H21IN2O. The van der Waals surface area contributed by atoms with E-state index in [0.29, 0.717) is 12.2 Å². The summed E-state index contributed by atoms with van der Waals surface area (Å²) >= 11 is 2.28. The summed E-state index contributed by atoms with van der Waals surface area (Å²) in [5.41, 5.74) is 1.12. The van der Waals surface area contributed by atoms with Crippen LogP contribution < -0.4 is 0 Å². The van der Waals surface area contributed by atoms with E-state index in [-0.39, 0.29) is 6.04 Å². The average Bonchev–Trinajstić information content (AvgIpc) is 2.54. The van der Waals surface area contributed by atoms with E-state index in [9.17, 15) is 4.79 Å². The van der Waals surface area contributed by atoms with Crippen molar-refractivity contribution >= 4 is 28.4 Å². The highest BCUT2D eigenvalue weighted by molar-refractivity contribution is 14.1. The molecule has 0 spiro atoms. The quantitative estimate of drug-likeness (QED) is 0.759. The van der Waals surface area contributed by atoms with Gasteiger partial charge in [-0.05, 0) is 73.9 Å². The van der Waals surface area contributed by atoms with Gasteiger partial charge in [-0.1, -0.05) is 12.1 Å². The molecule has 1 aromatic carbocycles. The van der Waals surface area contributed by atoms with E-state index >= 15 is 0 Å². The molecule has 0 aliphatic carbocycles. The van der Waals surface area contributed by atoms with Crippen LogP contribution in [0.5, 0.6) is 0 Å². The fourth-order valence-electron chi connectivity index (χ4n) is 2.54. The van der Waals surface area contributed by atoms with Crippen molar-refractivity contribution in [2.75, 3.05) is 33.7 Å². The zero-order valence-corrected chi connectivity index (χ0v) is 13.8. The van der Waals surface area contributed by atoms with Crippen molar-refractivity contribution in [1.29, 1.82) is 0 Å². The Balaban J connectivity index is 2.03. The zero-order valence-electron chi connectivity index (χ0n) is 11.6. The van der Waals surface area contributed by atoms with Crippen LogP contribution in [0.1, 0.15) is 12.0 Å². The van der Waals surface area contributed by atoms with Crippen molar-refractivity contribution in [2.45, 2.75) is 18.9 Å². The summed E-state index contributed by atoms with van der Waals surface area (Å²) in [4.78, 5) is 17.0. The van der Waals surface area contributed by atoms with E-state index in [4.69, 9.17) is 0 Å². The molecule has 0 radical (unpaired) electrons. The summed E-state index contributed by atoms with van der Waals surface area (Å²) in [5, 5.41) is 0. The number of benzene rings is 1. The Hall–Kier alpha value is -0.460. The Morgan fingerprint density at radius 2 is 1.95 bits per heavy atom. The summed E-state index contributed by atoms with van der Waals surface area (Å²) in [7, 11) is 4.17. The lowest BCUT2D eigenvalue weighted by molar-refractivity contribution is -0.123. The summed E-state index contributed by atoms with van der Waals surface area (Å²) < 4.78 is 1.21. The second kappa shape index (κ2) is 6.81. The maximum Gasteiger partial charge on any atom is 0.155 e. The first-order chi connectivity index (χ1) is 9.06. The zero-order chi connectivity index (χ0) is 13.8. The van der Waals surface area contributed by atoms with E-state index in [0.717, 1.165) is 31.6 Å². The molecule has 0 N–H and O–H groups in total. The third-order valence-electron chi connectivity index (χ3n) is 3.73. The maximum absolute atomic E-state index is 12.5. The van der Waals surface area contributed by atoms with Crippen LogP contribution in [0.4, 0.5) is 0 Å². The summed E-state index contributed by atoms with van der Waals surface area (Å²) in [6.07, 6.45) is 1.68. The van der Waals surface area contributed by atoms with Crippen LogP contribution in [-0.4, -0.2) is 55.4 Å². The van der Waals surface area contributed by atoms with Crippen LogP contribution >= 0.6 is 22.6 Å². The third kappa shape index (κ3) is 4.26. The number of nitrogens with zero attached hydrogens (tertiary/aromatic N) is 2. The van der Waals surface area contributed by atoms with E-state index in [1.807, 2.05) is 0 Å². The molecule has 19 heavy (non-hydrogen) atoms. The van der Waals surface area contributed by atoms with Crippen molar-refractivity contribution in [2.24, 2.45) is 0 Å². The Bertz CT molecular complexity index is 432. The smallest absolute Gasteiger partial charge is 0.155 e. The van der Waals surface area contributed by atoms with Crippen LogP contribution in [-0.2, 0) is 11.2 Å². The molecule has 3 nitrogen and oxygen atoms in total. The number of carbonyl (C=O) groups is 1. The number of halogens is 1. The number of ketones is 1. The van der Waals surface area contributed by atoms with Crippen LogP contribution in [0.15, 0.2) is 24.3 Å². The number of rotatable bonds is 3. The first-order valence-electron chi connectivity index (χ1n) is 6.72. The molecule has 0 bridgehead atoms. The lowest BCUT2D eigenvalue weighted by Crippen LogP contribution is -2.44. The van der Waals surface area contributed by atoms with E-state index in [1.165, 1.54) is 3.57 Å². The Morgan fingerprint density at radius 3 is 2.63 bits per heavy atom. The minimum Gasteiger partial charge on any atom is -0.304 e. The second-order valence-corrected chi connectivity index (χ2v) is 6.63. The molecule has 2 rings (SSSR count). The van der Waals surface area contributed by atoms with Gasteiger partial charge in [-0.25, -0.2) is 0 Å². The highest BCUT2D eigenvalue weighted by atomic mass is 127. The minimum atomic E-state index is 0.0341. The third-order valence-corrected chi connectivity index (χ3v) is 4.45. The second-order valence-electron chi connectivity index (χ2n) is 5.38. The van der Waals surface area contributed by atoms with Crippen LogP contribution in [0.25, 0.3) is 0 Å². The molecule has 1 heterocycles. The van der Waals surface area contributed by atoms with Crippen molar-refractivity contribution in [3.8, 4) is 0 Å². The van der Waals surface area contributed by atoms with Gasteiger partial charge >= 0.3 is 0 Å². The van der Waals surface area contributed by atoms with Gasteiger partial charge in [-0.15, -0.1) is 0 Å². The van der Waals surface area contributed by atoms with E-state index < -0.39 is 0 Å². The van der Waals surface area contributed by atoms with Gasteiger partial charge in [0.1, 0.15) is 0 Å². The standard InChI is InChI=1S/C15H21IN2O/c1-17-8-3-9-18(2)14(11-17)15(19)10-12-4-6-13(16)7-5-12/h4-7,14H,3,8-11H2,1-2H3. The highest BCUT2D eigenvalue weighted by Gasteiger charge is 2.26. The number of hydrogen-bond donors (Lipinski definition) is 0. The number of hydrogen-bond acceptors (Lipinski definition) is 3. The summed E-state index contributed by atoms with van der Waals surface area (Å²) in [6, 6.07) is 8.27. The lowest BCUT2D eigenvalue weighted by atomic mass is 10.0. The fraction of sp³-hybridized carbons (Fsp3) is 0.533. The maximum atomic E-state index is 12.5. The molecule has 1 fully saturated rings. The van der Waals surface area contributed by atoms with Crippen LogP contribution in [0.3, 0.4) is 0 Å². The lowest BCUT2D eigenvalue weighted by Gasteiger charge is -2.26. The molecule has 0 saturated carbocycles. The molecule has 4 heteroatoms. The molecule has 1 aliphatic heterocycles. The molecule has 1 atom stereocenters. The first kappa shape index (κ1) is 14.9. The van der Waals surface area contributed by atoms with Gasteiger partial charge in [0.15, 0.2) is 5.78 Å².